The van der Waals surface area contributed by atoms with Crippen LogP contribution in [-0.2, 0) is 9.53 Å². The summed E-state index contributed by atoms with van der Waals surface area (Å²) in [5.74, 6) is -0.675. The monoisotopic (exact) mass is 144 g/mol. The van der Waals surface area contributed by atoms with Gasteiger partial charge in [0.25, 0.3) is 0 Å². The molecule has 0 saturated carbocycles. The molecule has 0 spiro atoms. The largest absolute Gasteiger partial charge is 0.506 e. The van der Waals surface area contributed by atoms with Crippen LogP contribution < -0.4 is 0 Å². The van der Waals surface area contributed by atoms with E-state index in [1.807, 2.05) is 0 Å². The van der Waals surface area contributed by atoms with Gasteiger partial charge in [0.05, 0.1) is 0 Å². The molecule has 56 valence electrons. The number of rotatable bonds is 0. The first-order valence-electron chi connectivity index (χ1n) is 2.86. The van der Waals surface area contributed by atoms with Crippen molar-refractivity contribution in [3.8, 4) is 0 Å². The molecule has 0 aliphatic carbocycles. The summed E-state index contributed by atoms with van der Waals surface area (Å²) in [5.41, 5.74) is 0. The Labute approximate surface area is 57.7 Å². The van der Waals surface area contributed by atoms with Crippen LogP contribution in [-0.4, -0.2) is 28.7 Å². The van der Waals surface area contributed by atoms with Crippen LogP contribution in [0.2, 0.25) is 0 Å². The summed E-state index contributed by atoms with van der Waals surface area (Å²) < 4.78 is 4.69. The van der Waals surface area contributed by atoms with Crippen molar-refractivity contribution in [1.82, 2.24) is 0 Å². The zero-order valence-corrected chi connectivity index (χ0v) is 5.50. The summed E-state index contributed by atoms with van der Waals surface area (Å²) in [6.07, 6.45) is -1.38. The molecular weight excluding hydrogens is 136 g/mol. The number of ether oxygens (including phenoxy) is 1. The smallest absolute Gasteiger partial charge is 0.206 e. The topological polar surface area (TPSA) is 66.8 Å². The van der Waals surface area contributed by atoms with Gasteiger partial charge in [-0.3, -0.25) is 4.79 Å². The van der Waals surface area contributed by atoms with Crippen molar-refractivity contribution in [3.63, 3.8) is 0 Å². The minimum atomic E-state index is -1.38. The summed E-state index contributed by atoms with van der Waals surface area (Å²) in [5, 5.41) is 17.8. The van der Waals surface area contributed by atoms with E-state index in [4.69, 9.17) is 14.9 Å². The molecule has 1 rings (SSSR count). The van der Waals surface area contributed by atoms with Gasteiger partial charge in [0.2, 0.25) is 5.78 Å². The standard InChI is InChI=1S/C6H8O4/c1-3-5(8)6(9)4(7)2-10-3/h6,8-9H,2H2,1H3. The van der Waals surface area contributed by atoms with Gasteiger partial charge >= 0.3 is 0 Å². The molecule has 0 aromatic rings. The van der Waals surface area contributed by atoms with Crippen LogP contribution >= 0.6 is 0 Å². The van der Waals surface area contributed by atoms with E-state index in [2.05, 4.69) is 0 Å². The Hall–Kier alpha value is -1.03. The number of hydrogen-bond acceptors (Lipinski definition) is 4. The summed E-state index contributed by atoms with van der Waals surface area (Å²) in [6.45, 7) is 1.34. The average Bonchev–Trinajstić information content (AvgIpc) is 1.93. The number of allylic oxidation sites excluding steroid dienone is 1. The van der Waals surface area contributed by atoms with Crippen LogP contribution in [0.3, 0.4) is 0 Å². The maximum Gasteiger partial charge on any atom is 0.206 e. The Kier molecular flexibility index (Phi) is 1.63. The molecule has 0 aromatic heterocycles. The molecule has 0 radical (unpaired) electrons. The third-order valence-corrected chi connectivity index (χ3v) is 1.36. The molecule has 0 amide bonds. The number of ketones is 1. The van der Waals surface area contributed by atoms with E-state index >= 15 is 0 Å². The van der Waals surface area contributed by atoms with Gasteiger partial charge in [0.1, 0.15) is 12.4 Å². The molecule has 1 atom stereocenters. The first kappa shape index (κ1) is 7.08. The molecule has 10 heavy (non-hydrogen) atoms. The molecule has 0 saturated heterocycles. The number of aliphatic hydroxyl groups is 2. The van der Waals surface area contributed by atoms with Crippen LogP contribution in [0.1, 0.15) is 6.92 Å². The molecule has 2 N–H and O–H groups in total. The Morgan fingerprint density at radius 2 is 2.30 bits per heavy atom. The second kappa shape index (κ2) is 2.30. The molecule has 0 bridgehead atoms. The lowest BCUT2D eigenvalue weighted by molar-refractivity contribution is -0.132. The van der Waals surface area contributed by atoms with E-state index < -0.39 is 11.9 Å². The summed E-state index contributed by atoms with van der Waals surface area (Å²) >= 11 is 0. The van der Waals surface area contributed by atoms with Crippen molar-refractivity contribution in [3.05, 3.63) is 11.5 Å². The Morgan fingerprint density at radius 3 is 2.80 bits per heavy atom. The van der Waals surface area contributed by atoms with Gasteiger partial charge in [0.15, 0.2) is 11.9 Å². The fraction of sp³-hybridized carbons (Fsp3) is 0.500. The van der Waals surface area contributed by atoms with E-state index in [1.54, 1.807) is 0 Å². The zero-order chi connectivity index (χ0) is 7.72. The number of hydrogen-bond donors (Lipinski definition) is 2. The SMILES string of the molecule is CC1=C(O)C(O)C(=O)CO1. The molecule has 4 heteroatoms. The van der Waals surface area contributed by atoms with Crippen molar-refractivity contribution >= 4 is 5.78 Å². The first-order chi connectivity index (χ1) is 4.63. The highest BCUT2D eigenvalue weighted by molar-refractivity contribution is 5.87. The van der Waals surface area contributed by atoms with Crippen LogP contribution in [0.4, 0.5) is 0 Å². The second-order valence-electron chi connectivity index (χ2n) is 2.10. The highest BCUT2D eigenvalue weighted by Gasteiger charge is 2.27. The second-order valence-corrected chi connectivity index (χ2v) is 2.10. The lowest BCUT2D eigenvalue weighted by atomic mass is 10.1. The van der Waals surface area contributed by atoms with Crippen LogP contribution in [0.5, 0.6) is 0 Å². The molecule has 1 heterocycles. The third kappa shape index (κ3) is 0.974. The zero-order valence-electron chi connectivity index (χ0n) is 5.50. The predicted octanol–water partition coefficient (Wildman–Crippen LogP) is -0.264. The van der Waals surface area contributed by atoms with E-state index in [-0.39, 0.29) is 18.1 Å². The lowest BCUT2D eigenvalue weighted by Gasteiger charge is -2.17. The van der Waals surface area contributed by atoms with E-state index in [9.17, 15) is 4.79 Å². The molecule has 1 aliphatic heterocycles. The normalized spacial score (nSPS) is 26.6. The molecule has 0 fully saturated rings. The van der Waals surface area contributed by atoms with Gasteiger partial charge in [0, 0.05) is 0 Å². The maximum atomic E-state index is 10.6. The fourth-order valence-corrected chi connectivity index (χ4v) is 0.677. The van der Waals surface area contributed by atoms with Gasteiger partial charge in [-0.25, -0.2) is 0 Å². The van der Waals surface area contributed by atoms with Crippen molar-refractivity contribution in [2.24, 2.45) is 0 Å². The minimum absolute atomic E-state index is 0.156. The Bertz CT molecular complexity index is 194. The van der Waals surface area contributed by atoms with Gasteiger partial charge in [-0.2, -0.15) is 0 Å². The van der Waals surface area contributed by atoms with E-state index in [0.717, 1.165) is 0 Å². The lowest BCUT2D eigenvalue weighted by Crippen LogP contribution is -2.31. The maximum absolute atomic E-state index is 10.6. The third-order valence-electron chi connectivity index (χ3n) is 1.36. The van der Waals surface area contributed by atoms with Gasteiger partial charge < -0.3 is 14.9 Å². The Morgan fingerprint density at radius 1 is 1.70 bits per heavy atom. The summed E-state index contributed by atoms with van der Waals surface area (Å²) in [7, 11) is 0. The van der Waals surface area contributed by atoms with Crippen LogP contribution in [0.15, 0.2) is 11.5 Å². The summed E-state index contributed by atoms with van der Waals surface area (Å²) in [4.78, 5) is 10.6. The van der Waals surface area contributed by atoms with Crippen molar-refractivity contribution < 1.29 is 19.7 Å². The van der Waals surface area contributed by atoms with Gasteiger partial charge in [-0.1, -0.05) is 0 Å². The molecule has 1 aliphatic rings. The molecule has 0 aromatic carbocycles. The quantitative estimate of drug-likeness (QED) is 0.491. The van der Waals surface area contributed by atoms with Crippen molar-refractivity contribution in [2.75, 3.05) is 6.61 Å². The minimum Gasteiger partial charge on any atom is -0.506 e. The number of aliphatic hydroxyl groups excluding tert-OH is 2. The molecule has 4 nitrogen and oxygen atoms in total. The van der Waals surface area contributed by atoms with Crippen LogP contribution in [0.25, 0.3) is 0 Å². The highest BCUT2D eigenvalue weighted by atomic mass is 16.5. The highest BCUT2D eigenvalue weighted by Crippen LogP contribution is 2.13. The van der Waals surface area contributed by atoms with Gasteiger partial charge in [-0.15, -0.1) is 0 Å². The molecule has 1 unspecified atom stereocenters. The number of carbonyl (C=O) groups excluding carboxylic acids is 1. The molecular formula is C6H8O4. The van der Waals surface area contributed by atoms with Gasteiger partial charge in [-0.05, 0) is 6.92 Å². The number of Topliss-reactive ketones (excluding diaryl/α,β-unsaturated/α-hetero) is 1. The average molecular weight is 144 g/mol. The van der Waals surface area contributed by atoms with E-state index in [0.29, 0.717) is 0 Å². The number of carbonyl (C=O) groups is 1. The Balaban J connectivity index is 2.88. The first-order valence-corrected chi connectivity index (χ1v) is 2.86. The fourth-order valence-electron chi connectivity index (χ4n) is 0.677. The summed E-state index contributed by atoms with van der Waals surface area (Å²) in [6, 6.07) is 0. The van der Waals surface area contributed by atoms with Crippen molar-refractivity contribution in [1.29, 1.82) is 0 Å². The van der Waals surface area contributed by atoms with E-state index in [1.165, 1.54) is 6.92 Å². The van der Waals surface area contributed by atoms with Crippen LogP contribution in [0, 0.1) is 0 Å². The predicted molar refractivity (Wildman–Crippen MR) is 32.3 cm³/mol. The van der Waals surface area contributed by atoms with Crippen molar-refractivity contribution in [2.45, 2.75) is 13.0 Å².